The summed E-state index contributed by atoms with van der Waals surface area (Å²) in [6.07, 6.45) is 5.80. The molecule has 0 unspecified atom stereocenters. The Labute approximate surface area is 124 Å². The second-order valence-electron chi connectivity index (χ2n) is 5.71. The standard InChI is InChI=1S/C15H21N3O3/c1-18(2)15(7-3-4-8-15)10-17-13(19)12-11(14(20)21)6-5-9-16-12/h5-6,9H,3-4,7-8,10H2,1-2H3,(H,17,19)(H,20,21). The molecule has 0 bridgehead atoms. The summed E-state index contributed by atoms with van der Waals surface area (Å²) in [6.45, 7) is 0.508. The van der Waals surface area contributed by atoms with Crippen molar-refractivity contribution in [3.63, 3.8) is 0 Å². The Hall–Kier alpha value is -1.95. The molecule has 1 aliphatic rings. The Balaban J connectivity index is 2.10. The van der Waals surface area contributed by atoms with Gasteiger partial charge in [0.2, 0.25) is 0 Å². The number of rotatable bonds is 5. The molecule has 1 heterocycles. The molecule has 2 N–H and O–H groups in total. The average molecular weight is 291 g/mol. The third-order valence-corrected chi connectivity index (χ3v) is 4.31. The summed E-state index contributed by atoms with van der Waals surface area (Å²) in [4.78, 5) is 29.4. The summed E-state index contributed by atoms with van der Waals surface area (Å²) < 4.78 is 0. The van der Waals surface area contributed by atoms with Gasteiger partial charge in [0.25, 0.3) is 5.91 Å². The van der Waals surface area contributed by atoms with Crippen LogP contribution in [0.1, 0.15) is 46.5 Å². The van der Waals surface area contributed by atoms with Gasteiger partial charge >= 0.3 is 5.97 Å². The fraction of sp³-hybridized carbons (Fsp3) is 0.533. The van der Waals surface area contributed by atoms with E-state index in [-0.39, 0.29) is 16.8 Å². The number of aromatic carboxylic acids is 1. The van der Waals surface area contributed by atoms with E-state index in [9.17, 15) is 9.59 Å². The lowest BCUT2D eigenvalue weighted by atomic mass is 9.96. The molecule has 6 heteroatoms. The van der Waals surface area contributed by atoms with Gasteiger partial charge in [-0.05, 0) is 39.1 Å². The van der Waals surface area contributed by atoms with Crippen molar-refractivity contribution in [1.82, 2.24) is 15.2 Å². The number of hydrogen-bond acceptors (Lipinski definition) is 4. The van der Waals surface area contributed by atoms with E-state index in [0.717, 1.165) is 25.7 Å². The molecule has 1 aliphatic carbocycles. The van der Waals surface area contributed by atoms with Crippen LogP contribution >= 0.6 is 0 Å². The maximum atomic E-state index is 12.2. The van der Waals surface area contributed by atoms with Gasteiger partial charge in [-0.2, -0.15) is 0 Å². The van der Waals surface area contributed by atoms with Crippen LogP contribution in [0.2, 0.25) is 0 Å². The largest absolute Gasteiger partial charge is 0.478 e. The molecule has 0 radical (unpaired) electrons. The van der Waals surface area contributed by atoms with Gasteiger partial charge < -0.3 is 15.3 Å². The average Bonchev–Trinajstić information content (AvgIpc) is 2.95. The second kappa shape index (κ2) is 6.22. The molecule has 0 saturated heterocycles. The van der Waals surface area contributed by atoms with Crippen molar-refractivity contribution < 1.29 is 14.7 Å². The van der Waals surface area contributed by atoms with Gasteiger partial charge in [-0.3, -0.25) is 9.78 Å². The number of aromatic nitrogens is 1. The van der Waals surface area contributed by atoms with Gasteiger partial charge in [-0.15, -0.1) is 0 Å². The molecule has 1 fully saturated rings. The highest BCUT2D eigenvalue weighted by atomic mass is 16.4. The molecule has 1 aromatic rings. The highest BCUT2D eigenvalue weighted by Crippen LogP contribution is 2.33. The normalized spacial score (nSPS) is 16.9. The number of nitrogens with one attached hydrogen (secondary N) is 1. The Morgan fingerprint density at radius 3 is 2.62 bits per heavy atom. The van der Waals surface area contributed by atoms with Gasteiger partial charge in [0.05, 0.1) is 5.56 Å². The van der Waals surface area contributed by atoms with Crippen LogP contribution in [0.4, 0.5) is 0 Å². The van der Waals surface area contributed by atoms with Crippen LogP contribution in [0.5, 0.6) is 0 Å². The fourth-order valence-electron chi connectivity index (χ4n) is 2.90. The zero-order valence-corrected chi connectivity index (χ0v) is 12.4. The molecule has 0 aromatic carbocycles. The van der Waals surface area contributed by atoms with E-state index < -0.39 is 11.9 Å². The predicted molar refractivity (Wildman–Crippen MR) is 78.4 cm³/mol. The fourth-order valence-corrected chi connectivity index (χ4v) is 2.90. The molecule has 21 heavy (non-hydrogen) atoms. The van der Waals surface area contributed by atoms with Crippen molar-refractivity contribution in [2.75, 3.05) is 20.6 Å². The molecule has 0 aliphatic heterocycles. The number of carbonyl (C=O) groups excluding carboxylic acids is 1. The zero-order valence-electron chi connectivity index (χ0n) is 12.4. The molecule has 0 spiro atoms. The SMILES string of the molecule is CN(C)C1(CNC(=O)c2ncccc2C(=O)O)CCCC1. The summed E-state index contributed by atoms with van der Waals surface area (Å²) in [5, 5.41) is 12.0. The first kappa shape index (κ1) is 15.4. The van der Waals surface area contributed by atoms with Crippen LogP contribution in [0.15, 0.2) is 18.3 Å². The van der Waals surface area contributed by atoms with Gasteiger partial charge in [0.15, 0.2) is 0 Å². The van der Waals surface area contributed by atoms with Crippen molar-refractivity contribution in [3.8, 4) is 0 Å². The molecule has 1 saturated carbocycles. The van der Waals surface area contributed by atoms with Crippen LogP contribution in [0.25, 0.3) is 0 Å². The van der Waals surface area contributed by atoms with Crippen LogP contribution in [0, 0.1) is 0 Å². The molecular weight excluding hydrogens is 270 g/mol. The van der Waals surface area contributed by atoms with Crippen molar-refractivity contribution in [2.24, 2.45) is 0 Å². The Morgan fingerprint density at radius 1 is 1.38 bits per heavy atom. The van der Waals surface area contributed by atoms with Gasteiger partial charge in [0.1, 0.15) is 5.69 Å². The number of carbonyl (C=O) groups is 2. The minimum absolute atomic E-state index is 0.0306. The lowest BCUT2D eigenvalue weighted by molar-refractivity contribution is 0.0688. The number of hydrogen-bond donors (Lipinski definition) is 2. The molecule has 2 rings (SSSR count). The Bertz CT molecular complexity index is 537. The highest BCUT2D eigenvalue weighted by Gasteiger charge is 2.36. The topological polar surface area (TPSA) is 82.5 Å². The summed E-state index contributed by atoms with van der Waals surface area (Å²) >= 11 is 0. The summed E-state index contributed by atoms with van der Waals surface area (Å²) in [5.41, 5.74) is -0.134. The van der Waals surface area contributed by atoms with E-state index in [4.69, 9.17) is 5.11 Å². The highest BCUT2D eigenvalue weighted by molar-refractivity contribution is 6.03. The first-order chi connectivity index (χ1) is 9.96. The molecule has 1 amide bonds. The van der Waals surface area contributed by atoms with Crippen molar-refractivity contribution in [2.45, 2.75) is 31.2 Å². The first-order valence-corrected chi connectivity index (χ1v) is 7.10. The Morgan fingerprint density at radius 2 is 2.05 bits per heavy atom. The summed E-state index contributed by atoms with van der Waals surface area (Å²) in [5.74, 6) is -1.57. The molecular formula is C15H21N3O3. The molecule has 0 atom stereocenters. The smallest absolute Gasteiger partial charge is 0.338 e. The minimum atomic E-state index is -1.14. The number of carboxylic acids is 1. The number of pyridine rings is 1. The lowest BCUT2D eigenvalue weighted by Crippen LogP contribution is -2.51. The van der Waals surface area contributed by atoms with Crippen LogP contribution in [0.3, 0.4) is 0 Å². The quantitative estimate of drug-likeness (QED) is 0.856. The van der Waals surface area contributed by atoms with Crippen molar-refractivity contribution in [1.29, 1.82) is 0 Å². The van der Waals surface area contributed by atoms with E-state index in [0.29, 0.717) is 6.54 Å². The third-order valence-electron chi connectivity index (χ3n) is 4.31. The number of amides is 1. The van der Waals surface area contributed by atoms with E-state index in [1.807, 2.05) is 14.1 Å². The van der Waals surface area contributed by atoms with Crippen LogP contribution in [-0.4, -0.2) is 53.0 Å². The second-order valence-corrected chi connectivity index (χ2v) is 5.71. The first-order valence-electron chi connectivity index (χ1n) is 7.10. The maximum absolute atomic E-state index is 12.2. The minimum Gasteiger partial charge on any atom is -0.478 e. The maximum Gasteiger partial charge on any atom is 0.338 e. The molecule has 1 aromatic heterocycles. The monoisotopic (exact) mass is 291 g/mol. The molecule has 6 nitrogen and oxygen atoms in total. The van der Waals surface area contributed by atoms with Gasteiger partial charge in [-0.1, -0.05) is 12.8 Å². The van der Waals surface area contributed by atoms with Crippen molar-refractivity contribution in [3.05, 3.63) is 29.6 Å². The third kappa shape index (κ3) is 3.21. The molecule has 114 valence electrons. The number of carboxylic acid groups (broad SMARTS) is 1. The van der Waals surface area contributed by atoms with E-state index in [1.54, 1.807) is 0 Å². The lowest BCUT2D eigenvalue weighted by Gasteiger charge is -2.36. The number of likely N-dealkylation sites (N-methyl/N-ethyl adjacent to an activating group) is 1. The van der Waals surface area contributed by atoms with E-state index in [2.05, 4.69) is 15.2 Å². The van der Waals surface area contributed by atoms with E-state index >= 15 is 0 Å². The summed E-state index contributed by atoms with van der Waals surface area (Å²) in [6, 6.07) is 2.90. The van der Waals surface area contributed by atoms with Crippen LogP contribution < -0.4 is 5.32 Å². The number of nitrogens with zero attached hydrogens (tertiary/aromatic N) is 2. The van der Waals surface area contributed by atoms with E-state index in [1.165, 1.54) is 18.3 Å². The van der Waals surface area contributed by atoms with Gasteiger partial charge in [0, 0.05) is 18.3 Å². The van der Waals surface area contributed by atoms with Crippen LogP contribution in [-0.2, 0) is 0 Å². The zero-order chi connectivity index (χ0) is 15.5. The Kier molecular flexibility index (Phi) is 4.57. The van der Waals surface area contributed by atoms with Gasteiger partial charge in [-0.25, -0.2) is 4.79 Å². The van der Waals surface area contributed by atoms with Crippen molar-refractivity contribution >= 4 is 11.9 Å². The predicted octanol–water partition coefficient (Wildman–Crippen LogP) is 1.38. The summed E-state index contributed by atoms with van der Waals surface area (Å²) in [7, 11) is 4.03.